The third kappa shape index (κ3) is 3.51. The van der Waals surface area contributed by atoms with Gasteiger partial charge in [-0.1, -0.05) is 11.6 Å². The summed E-state index contributed by atoms with van der Waals surface area (Å²) in [4.78, 5) is 1.73. The lowest BCUT2D eigenvalue weighted by atomic mass is 10.3. The van der Waals surface area contributed by atoms with Crippen molar-refractivity contribution < 1.29 is 17.9 Å². The topological polar surface area (TPSA) is 12.5 Å². The average molecular weight is 240 g/mol. The molecule has 0 spiro atoms. The monoisotopic (exact) mass is 239 g/mol. The van der Waals surface area contributed by atoms with Crippen molar-refractivity contribution in [2.75, 3.05) is 19.0 Å². The van der Waals surface area contributed by atoms with Crippen LogP contribution in [-0.4, -0.2) is 20.5 Å². The number of nitrogens with zero attached hydrogens (tertiary/aromatic N) is 1. The van der Waals surface area contributed by atoms with Crippen LogP contribution in [0.4, 0.5) is 18.9 Å². The average Bonchev–Trinajstić information content (AvgIpc) is 2.05. The summed E-state index contributed by atoms with van der Waals surface area (Å²) < 4.78 is 39.4. The first-order valence-corrected chi connectivity index (χ1v) is 4.40. The molecular formula is C9H9ClF3NO. The molecule has 0 unspecified atom stereocenters. The third-order valence-corrected chi connectivity index (χ3v) is 1.95. The predicted octanol–water partition coefficient (Wildman–Crippen LogP) is 3.30. The molecule has 0 saturated carbocycles. The van der Waals surface area contributed by atoms with Crippen molar-refractivity contribution in [3.8, 4) is 5.75 Å². The number of ether oxygens (including phenoxy) is 1. The predicted molar refractivity (Wildman–Crippen MR) is 52.5 cm³/mol. The summed E-state index contributed by atoms with van der Waals surface area (Å²) in [5.74, 6) is -0.394. The first-order chi connectivity index (χ1) is 6.79. The Bertz CT molecular complexity index is 352. The van der Waals surface area contributed by atoms with Crippen LogP contribution in [-0.2, 0) is 0 Å². The summed E-state index contributed by atoms with van der Waals surface area (Å²) in [5.41, 5.74) is 0.703. The van der Waals surface area contributed by atoms with E-state index in [1.54, 1.807) is 19.0 Å². The first kappa shape index (κ1) is 12.0. The Balaban J connectivity index is 2.94. The number of anilines is 1. The molecule has 0 fully saturated rings. The molecule has 0 saturated heterocycles. The highest BCUT2D eigenvalue weighted by molar-refractivity contribution is 6.32. The fourth-order valence-corrected chi connectivity index (χ4v) is 1.19. The molecule has 0 bridgehead atoms. The molecule has 84 valence electrons. The number of rotatable bonds is 2. The number of alkyl halides is 3. The minimum Gasteiger partial charge on any atom is -0.404 e. The molecule has 0 atom stereocenters. The fourth-order valence-electron chi connectivity index (χ4n) is 0.975. The lowest BCUT2D eigenvalue weighted by Crippen LogP contribution is -2.17. The van der Waals surface area contributed by atoms with E-state index in [0.29, 0.717) is 5.69 Å². The second-order valence-electron chi connectivity index (χ2n) is 3.06. The van der Waals surface area contributed by atoms with Gasteiger partial charge in [0.25, 0.3) is 0 Å². The fraction of sp³-hybridized carbons (Fsp3) is 0.333. The number of halogens is 4. The Morgan fingerprint density at radius 2 is 1.87 bits per heavy atom. The molecule has 0 aliphatic heterocycles. The van der Waals surface area contributed by atoms with Gasteiger partial charge in [-0.25, -0.2) is 0 Å². The minimum atomic E-state index is -4.72. The normalized spacial score (nSPS) is 11.3. The standard InChI is InChI=1S/C9H9ClF3NO/c1-14(2)6-3-4-8(7(10)5-6)15-9(11,12)13/h3-5H,1-2H3. The molecular weight excluding hydrogens is 231 g/mol. The zero-order chi connectivity index (χ0) is 11.6. The molecule has 0 heterocycles. The highest BCUT2D eigenvalue weighted by Gasteiger charge is 2.32. The highest BCUT2D eigenvalue weighted by atomic mass is 35.5. The molecule has 15 heavy (non-hydrogen) atoms. The Morgan fingerprint density at radius 3 is 2.27 bits per heavy atom. The zero-order valence-electron chi connectivity index (χ0n) is 8.10. The van der Waals surface area contributed by atoms with Crippen LogP contribution in [0.3, 0.4) is 0 Å². The number of hydrogen-bond acceptors (Lipinski definition) is 2. The Hall–Kier alpha value is -1.10. The molecule has 0 N–H and O–H groups in total. The SMILES string of the molecule is CN(C)c1ccc(OC(F)(F)F)c(Cl)c1. The molecule has 1 rings (SSSR count). The van der Waals surface area contributed by atoms with Crippen molar-refractivity contribution >= 4 is 17.3 Å². The summed E-state index contributed by atoms with van der Waals surface area (Å²) in [5, 5.41) is -0.0708. The van der Waals surface area contributed by atoms with Gasteiger partial charge in [-0.15, -0.1) is 13.2 Å². The van der Waals surface area contributed by atoms with Gasteiger partial charge >= 0.3 is 6.36 Å². The van der Waals surface area contributed by atoms with Crippen LogP contribution in [0.1, 0.15) is 0 Å². The van der Waals surface area contributed by atoms with Crippen LogP contribution in [0.5, 0.6) is 5.75 Å². The van der Waals surface area contributed by atoms with E-state index in [-0.39, 0.29) is 5.02 Å². The molecule has 0 aromatic heterocycles. The number of hydrogen-bond donors (Lipinski definition) is 0. The van der Waals surface area contributed by atoms with Gasteiger partial charge in [-0.05, 0) is 18.2 Å². The van der Waals surface area contributed by atoms with E-state index >= 15 is 0 Å². The van der Waals surface area contributed by atoms with Gasteiger partial charge in [-0.3, -0.25) is 0 Å². The smallest absolute Gasteiger partial charge is 0.404 e. The molecule has 0 aliphatic rings. The minimum absolute atomic E-state index is 0.0708. The molecule has 0 radical (unpaired) electrons. The van der Waals surface area contributed by atoms with Crippen LogP contribution >= 0.6 is 11.6 Å². The molecule has 1 aromatic rings. The molecule has 1 aromatic carbocycles. The van der Waals surface area contributed by atoms with Gasteiger partial charge in [0.15, 0.2) is 0 Å². The summed E-state index contributed by atoms with van der Waals surface area (Å²) in [7, 11) is 3.52. The maximum Gasteiger partial charge on any atom is 0.573 e. The second-order valence-corrected chi connectivity index (χ2v) is 3.46. The molecule has 6 heteroatoms. The van der Waals surface area contributed by atoms with E-state index in [9.17, 15) is 13.2 Å². The molecule has 0 aliphatic carbocycles. The lowest BCUT2D eigenvalue weighted by Gasteiger charge is -2.15. The van der Waals surface area contributed by atoms with Gasteiger partial charge in [0.1, 0.15) is 5.75 Å². The quantitative estimate of drug-likeness (QED) is 0.785. The molecule has 0 amide bonds. The zero-order valence-corrected chi connectivity index (χ0v) is 8.86. The number of benzene rings is 1. The van der Waals surface area contributed by atoms with Gasteiger partial charge in [0.2, 0.25) is 0 Å². The van der Waals surface area contributed by atoms with Crippen LogP contribution in [0.25, 0.3) is 0 Å². The Labute approximate surface area is 90.2 Å². The van der Waals surface area contributed by atoms with E-state index in [2.05, 4.69) is 4.74 Å². The Morgan fingerprint density at radius 1 is 1.27 bits per heavy atom. The van der Waals surface area contributed by atoms with E-state index in [1.165, 1.54) is 18.2 Å². The van der Waals surface area contributed by atoms with Gasteiger partial charge in [-0.2, -0.15) is 0 Å². The van der Waals surface area contributed by atoms with E-state index in [4.69, 9.17) is 11.6 Å². The van der Waals surface area contributed by atoms with E-state index in [0.717, 1.165) is 0 Å². The maximum absolute atomic E-state index is 11.9. The first-order valence-electron chi connectivity index (χ1n) is 4.02. The van der Waals surface area contributed by atoms with E-state index in [1.807, 2.05) is 0 Å². The Kier molecular flexibility index (Phi) is 3.34. The highest BCUT2D eigenvalue weighted by Crippen LogP contribution is 2.32. The van der Waals surface area contributed by atoms with Crippen LogP contribution in [0.15, 0.2) is 18.2 Å². The lowest BCUT2D eigenvalue weighted by molar-refractivity contribution is -0.274. The maximum atomic E-state index is 11.9. The van der Waals surface area contributed by atoms with Crippen LogP contribution < -0.4 is 9.64 Å². The van der Waals surface area contributed by atoms with E-state index < -0.39 is 12.1 Å². The van der Waals surface area contributed by atoms with Gasteiger partial charge in [0, 0.05) is 19.8 Å². The summed E-state index contributed by atoms with van der Waals surface area (Å²) in [6.07, 6.45) is -4.72. The van der Waals surface area contributed by atoms with Gasteiger partial charge < -0.3 is 9.64 Å². The van der Waals surface area contributed by atoms with Crippen molar-refractivity contribution in [2.45, 2.75) is 6.36 Å². The summed E-state index contributed by atoms with van der Waals surface area (Å²) in [6.45, 7) is 0. The van der Waals surface area contributed by atoms with Gasteiger partial charge in [0.05, 0.1) is 5.02 Å². The molecule has 2 nitrogen and oxygen atoms in total. The third-order valence-electron chi connectivity index (χ3n) is 1.66. The van der Waals surface area contributed by atoms with Crippen LogP contribution in [0.2, 0.25) is 5.02 Å². The van der Waals surface area contributed by atoms with Crippen molar-refractivity contribution in [3.05, 3.63) is 23.2 Å². The second kappa shape index (κ2) is 4.18. The van der Waals surface area contributed by atoms with Crippen molar-refractivity contribution in [3.63, 3.8) is 0 Å². The largest absolute Gasteiger partial charge is 0.573 e. The van der Waals surface area contributed by atoms with Crippen molar-refractivity contribution in [1.82, 2.24) is 0 Å². The summed E-state index contributed by atoms with van der Waals surface area (Å²) >= 11 is 5.63. The summed E-state index contributed by atoms with van der Waals surface area (Å²) in [6, 6.07) is 4.08. The van der Waals surface area contributed by atoms with Crippen molar-refractivity contribution in [1.29, 1.82) is 0 Å². The van der Waals surface area contributed by atoms with Crippen LogP contribution in [0, 0.1) is 0 Å². The van der Waals surface area contributed by atoms with Crippen molar-refractivity contribution in [2.24, 2.45) is 0 Å².